The van der Waals surface area contributed by atoms with Gasteiger partial charge in [-0.2, -0.15) is 0 Å². The lowest BCUT2D eigenvalue weighted by Crippen LogP contribution is -2.27. The monoisotopic (exact) mass is 445 g/mol. The lowest BCUT2D eigenvalue weighted by Gasteiger charge is -2.08. The van der Waals surface area contributed by atoms with Crippen molar-refractivity contribution in [1.29, 1.82) is 0 Å². The molecule has 3 aromatic rings. The van der Waals surface area contributed by atoms with Crippen LogP contribution in [0, 0.1) is 0 Å². The third kappa shape index (κ3) is 4.58. The highest BCUT2D eigenvalue weighted by atomic mass is 79.9. The van der Waals surface area contributed by atoms with Crippen molar-refractivity contribution >= 4 is 38.8 Å². The molecule has 0 bridgehead atoms. The molecule has 0 spiro atoms. The zero-order valence-corrected chi connectivity index (χ0v) is 16.4. The molecule has 1 aromatic heterocycles. The average Bonchev–Trinajstić information content (AvgIpc) is 2.67. The number of carbonyl (C=O) groups excluding carboxylic acids is 2. The number of nitrogens with one attached hydrogen (secondary N) is 1. The fourth-order valence-electron chi connectivity index (χ4n) is 2.43. The van der Waals surface area contributed by atoms with Crippen LogP contribution in [-0.2, 0) is 4.79 Å². The van der Waals surface area contributed by atoms with E-state index in [9.17, 15) is 14.4 Å². The van der Waals surface area contributed by atoms with Gasteiger partial charge in [-0.3, -0.25) is 4.79 Å². The molecule has 0 aliphatic rings. The molecule has 0 saturated heterocycles. The Bertz CT molecular complexity index is 1090. The normalized spacial score (nSPS) is 10.5. The second kappa shape index (κ2) is 8.71. The Balaban J connectivity index is 1.72. The third-order valence-corrected chi connectivity index (χ3v) is 4.36. The quantitative estimate of drug-likeness (QED) is 0.355. The fraction of sp³-hybridized carbons (Fsp3) is 0.150. The highest BCUT2D eigenvalue weighted by Gasteiger charge is 2.14. The first-order chi connectivity index (χ1) is 13.5. The Labute approximate surface area is 168 Å². The Morgan fingerprint density at radius 1 is 1.14 bits per heavy atom. The molecule has 3 rings (SSSR count). The minimum absolute atomic E-state index is 0.0825. The molecule has 8 heteroatoms. The van der Waals surface area contributed by atoms with E-state index in [2.05, 4.69) is 21.2 Å². The number of hydrogen-bond acceptors (Lipinski definition) is 6. The van der Waals surface area contributed by atoms with Crippen molar-refractivity contribution in [2.75, 3.05) is 13.2 Å². The Hall–Kier alpha value is -3.13. The van der Waals surface area contributed by atoms with Gasteiger partial charge >= 0.3 is 11.6 Å². The lowest BCUT2D eigenvalue weighted by molar-refractivity contribution is -0.136. The summed E-state index contributed by atoms with van der Waals surface area (Å²) < 4.78 is 16.5. The number of para-hydroxylation sites is 1. The number of hydrogen-bond donors (Lipinski definition) is 1. The molecule has 0 fully saturated rings. The van der Waals surface area contributed by atoms with Crippen molar-refractivity contribution in [1.82, 2.24) is 5.32 Å². The topological polar surface area (TPSA) is 94.8 Å². The van der Waals surface area contributed by atoms with E-state index >= 15 is 0 Å². The van der Waals surface area contributed by atoms with Crippen molar-refractivity contribution in [3.8, 4) is 11.5 Å². The van der Waals surface area contributed by atoms with Crippen LogP contribution in [0.5, 0.6) is 11.5 Å². The molecule has 1 amide bonds. The first-order valence-corrected chi connectivity index (χ1v) is 9.21. The van der Waals surface area contributed by atoms with Gasteiger partial charge < -0.3 is 19.2 Å². The molecule has 0 unspecified atom stereocenters. The van der Waals surface area contributed by atoms with Gasteiger partial charge in [-0.15, -0.1) is 0 Å². The van der Waals surface area contributed by atoms with Gasteiger partial charge in [-0.25, -0.2) is 9.59 Å². The number of rotatable bonds is 6. The summed E-state index contributed by atoms with van der Waals surface area (Å²) in [6, 6.07) is 13.1. The first-order valence-electron chi connectivity index (χ1n) is 8.42. The van der Waals surface area contributed by atoms with Crippen molar-refractivity contribution in [2.45, 2.75) is 6.92 Å². The minimum Gasteiger partial charge on any atom is -0.481 e. The second-order valence-corrected chi connectivity index (χ2v) is 6.55. The standard InChI is InChI=1S/C20H16BrNO6/c1-2-22-19(24)14-9-12-7-8-13(10-17(12)28-20(14)25)27-18(23)11-26-16-6-4-3-5-15(16)21/h3-10H,2,11H2,1H3,(H,22,24). The highest BCUT2D eigenvalue weighted by Crippen LogP contribution is 2.24. The van der Waals surface area contributed by atoms with Gasteiger partial charge in [0.2, 0.25) is 0 Å². The predicted octanol–water partition coefficient (Wildman–Crippen LogP) is 3.29. The maximum Gasteiger partial charge on any atom is 0.349 e. The van der Waals surface area contributed by atoms with Gasteiger partial charge in [0.05, 0.1) is 4.47 Å². The molecular weight excluding hydrogens is 430 g/mol. The maximum absolute atomic E-state index is 12.0. The van der Waals surface area contributed by atoms with E-state index in [1.807, 2.05) is 6.07 Å². The van der Waals surface area contributed by atoms with Gasteiger partial charge in [0.25, 0.3) is 5.91 Å². The van der Waals surface area contributed by atoms with Crippen LogP contribution in [0.25, 0.3) is 11.0 Å². The van der Waals surface area contributed by atoms with Crippen LogP contribution in [0.3, 0.4) is 0 Å². The summed E-state index contributed by atoms with van der Waals surface area (Å²) in [5, 5.41) is 3.08. The molecule has 0 aliphatic heterocycles. The Morgan fingerprint density at radius 3 is 2.68 bits per heavy atom. The van der Waals surface area contributed by atoms with Gasteiger partial charge in [-0.05, 0) is 53.2 Å². The van der Waals surface area contributed by atoms with E-state index in [-0.39, 0.29) is 23.5 Å². The molecule has 7 nitrogen and oxygen atoms in total. The summed E-state index contributed by atoms with van der Waals surface area (Å²) in [7, 11) is 0. The van der Waals surface area contributed by atoms with Crippen LogP contribution >= 0.6 is 15.9 Å². The molecule has 0 radical (unpaired) electrons. The number of benzene rings is 2. The molecule has 2 aromatic carbocycles. The summed E-state index contributed by atoms with van der Waals surface area (Å²) in [5.41, 5.74) is -0.643. The molecule has 1 N–H and O–H groups in total. The van der Waals surface area contributed by atoms with Crippen LogP contribution in [0.4, 0.5) is 0 Å². The highest BCUT2D eigenvalue weighted by molar-refractivity contribution is 9.10. The Kier molecular flexibility index (Phi) is 6.10. The largest absolute Gasteiger partial charge is 0.481 e. The van der Waals surface area contributed by atoms with E-state index in [4.69, 9.17) is 13.9 Å². The molecular formula is C20H16BrNO6. The van der Waals surface area contributed by atoms with Crippen LogP contribution in [0.15, 0.2) is 62.2 Å². The first kappa shape index (κ1) is 19.6. The van der Waals surface area contributed by atoms with Gasteiger partial charge in [0.15, 0.2) is 6.61 Å². The number of fused-ring (bicyclic) bond motifs is 1. The second-order valence-electron chi connectivity index (χ2n) is 5.70. The predicted molar refractivity (Wildman–Crippen MR) is 106 cm³/mol. The Morgan fingerprint density at radius 2 is 1.93 bits per heavy atom. The van der Waals surface area contributed by atoms with E-state index in [1.54, 1.807) is 37.3 Å². The average molecular weight is 446 g/mol. The summed E-state index contributed by atoms with van der Waals surface area (Å²) in [5.74, 6) is -0.404. The number of amides is 1. The van der Waals surface area contributed by atoms with Crippen LogP contribution < -0.4 is 20.4 Å². The molecule has 0 atom stereocenters. The van der Waals surface area contributed by atoms with Crippen LogP contribution in [0.1, 0.15) is 17.3 Å². The number of esters is 1. The van der Waals surface area contributed by atoms with E-state index in [1.165, 1.54) is 12.1 Å². The molecule has 1 heterocycles. The van der Waals surface area contributed by atoms with Gasteiger partial charge in [-0.1, -0.05) is 12.1 Å². The minimum atomic E-state index is -0.765. The van der Waals surface area contributed by atoms with Crippen molar-refractivity contribution in [2.24, 2.45) is 0 Å². The van der Waals surface area contributed by atoms with Crippen molar-refractivity contribution in [3.63, 3.8) is 0 Å². The van der Waals surface area contributed by atoms with Gasteiger partial charge in [0.1, 0.15) is 22.6 Å². The zero-order valence-electron chi connectivity index (χ0n) is 14.9. The molecule has 0 aliphatic carbocycles. The number of carbonyl (C=O) groups is 2. The molecule has 144 valence electrons. The van der Waals surface area contributed by atoms with Crippen LogP contribution in [-0.4, -0.2) is 25.0 Å². The fourth-order valence-corrected chi connectivity index (χ4v) is 2.83. The van der Waals surface area contributed by atoms with Gasteiger partial charge in [0, 0.05) is 18.0 Å². The van der Waals surface area contributed by atoms with Crippen molar-refractivity contribution in [3.05, 3.63) is 69.0 Å². The third-order valence-electron chi connectivity index (χ3n) is 3.70. The SMILES string of the molecule is CCNC(=O)c1cc2ccc(OC(=O)COc3ccccc3Br)cc2oc1=O. The number of halogens is 1. The molecule has 28 heavy (non-hydrogen) atoms. The number of ether oxygens (including phenoxy) is 2. The zero-order chi connectivity index (χ0) is 20.1. The lowest BCUT2D eigenvalue weighted by atomic mass is 10.1. The van der Waals surface area contributed by atoms with Crippen molar-refractivity contribution < 1.29 is 23.5 Å². The maximum atomic E-state index is 12.0. The van der Waals surface area contributed by atoms with E-state index in [0.29, 0.717) is 17.7 Å². The molecule has 0 saturated carbocycles. The van der Waals surface area contributed by atoms with E-state index < -0.39 is 17.5 Å². The summed E-state index contributed by atoms with van der Waals surface area (Å²) in [4.78, 5) is 35.9. The summed E-state index contributed by atoms with van der Waals surface area (Å²) >= 11 is 3.33. The summed E-state index contributed by atoms with van der Waals surface area (Å²) in [6.45, 7) is 1.86. The smallest absolute Gasteiger partial charge is 0.349 e. The summed E-state index contributed by atoms with van der Waals surface area (Å²) in [6.07, 6.45) is 0. The van der Waals surface area contributed by atoms with Crippen LogP contribution in [0.2, 0.25) is 0 Å². The van der Waals surface area contributed by atoms with E-state index in [0.717, 1.165) is 4.47 Å².